The van der Waals surface area contributed by atoms with Crippen LogP contribution in [0.1, 0.15) is 67.0 Å². The number of benzene rings is 1. The summed E-state index contributed by atoms with van der Waals surface area (Å²) in [4.78, 5) is 18.9. The third-order valence-electron chi connectivity index (χ3n) is 8.25. The molecule has 2 saturated heterocycles. The molecule has 4 atom stereocenters. The number of halogens is 2. The van der Waals surface area contributed by atoms with E-state index in [1.54, 1.807) is 11.0 Å². The highest BCUT2D eigenvalue weighted by molar-refractivity contribution is 5.76. The van der Waals surface area contributed by atoms with Crippen LogP contribution in [0.15, 0.2) is 30.3 Å². The van der Waals surface area contributed by atoms with Crippen molar-refractivity contribution in [2.75, 3.05) is 38.2 Å². The number of carboxylic acids is 1. The average molecular weight is 544 g/mol. The molecule has 39 heavy (non-hydrogen) atoms. The summed E-state index contributed by atoms with van der Waals surface area (Å²) in [5.74, 6) is -0.801. The Labute approximate surface area is 228 Å². The molecule has 4 heterocycles. The maximum Gasteiger partial charge on any atom is 0.325 e. The number of alkyl halides is 1. The van der Waals surface area contributed by atoms with Crippen LogP contribution in [-0.4, -0.2) is 66.1 Å². The minimum absolute atomic E-state index is 0.0469. The first-order valence-corrected chi connectivity index (χ1v) is 14.3. The van der Waals surface area contributed by atoms with Crippen molar-refractivity contribution >= 4 is 11.8 Å². The molecule has 2 N–H and O–H groups in total. The number of aliphatic carboxylic acids is 1. The highest BCUT2D eigenvalue weighted by Crippen LogP contribution is 2.34. The molecule has 2 fully saturated rings. The molecule has 0 aliphatic carbocycles. The second-order valence-electron chi connectivity index (χ2n) is 11.0. The van der Waals surface area contributed by atoms with Gasteiger partial charge in [0.2, 0.25) is 0 Å². The fraction of sp³-hybridized carbons (Fsp3) is 0.600. The van der Waals surface area contributed by atoms with E-state index in [0.29, 0.717) is 50.3 Å². The van der Waals surface area contributed by atoms with Crippen LogP contribution in [-0.2, 0) is 33.7 Å². The standard InChI is InChI=1S/C30H39F2N3O4/c31-23-9-7-22(18-39-25-12-15-38-19-25)26(16-23)28(30(36)37)35-14-11-21(17-35)27(32)6-2-1-5-24-10-8-20-4-3-13-33-29(20)34-24/h7-10,16,21,25,27-28H,1-6,11-15,17-19H2,(H,33,34)(H,36,37)/t21-,25-,27?,28+/m1/s1. The second-order valence-corrected chi connectivity index (χ2v) is 11.0. The van der Waals surface area contributed by atoms with Crippen LogP contribution in [0.4, 0.5) is 14.6 Å². The molecule has 0 radical (unpaired) electrons. The number of aryl methyl sites for hydroxylation is 2. The van der Waals surface area contributed by atoms with Crippen LogP contribution in [0.3, 0.4) is 0 Å². The first-order chi connectivity index (χ1) is 19.0. The van der Waals surface area contributed by atoms with E-state index in [4.69, 9.17) is 14.5 Å². The Morgan fingerprint density at radius 2 is 2.15 bits per heavy atom. The average Bonchev–Trinajstić information content (AvgIpc) is 3.63. The molecule has 0 saturated carbocycles. The van der Waals surface area contributed by atoms with Crippen LogP contribution in [0.25, 0.3) is 0 Å². The van der Waals surface area contributed by atoms with Crippen molar-refractivity contribution in [3.63, 3.8) is 0 Å². The summed E-state index contributed by atoms with van der Waals surface area (Å²) in [5.41, 5.74) is 3.32. The van der Waals surface area contributed by atoms with Crippen LogP contribution >= 0.6 is 0 Å². The van der Waals surface area contributed by atoms with Gasteiger partial charge in [-0.2, -0.15) is 0 Å². The zero-order valence-corrected chi connectivity index (χ0v) is 22.4. The number of anilines is 1. The Kier molecular flexibility index (Phi) is 9.42. The predicted molar refractivity (Wildman–Crippen MR) is 144 cm³/mol. The van der Waals surface area contributed by atoms with Gasteiger partial charge in [-0.3, -0.25) is 9.69 Å². The van der Waals surface area contributed by atoms with Gasteiger partial charge >= 0.3 is 5.97 Å². The van der Waals surface area contributed by atoms with Crippen molar-refractivity contribution in [3.8, 4) is 0 Å². The molecule has 0 spiro atoms. The monoisotopic (exact) mass is 543 g/mol. The van der Waals surface area contributed by atoms with Gasteiger partial charge in [-0.15, -0.1) is 0 Å². The molecule has 3 aliphatic heterocycles. The molecular formula is C30H39F2N3O4. The molecule has 5 rings (SSSR count). The number of nitrogens with one attached hydrogen (secondary N) is 1. The van der Waals surface area contributed by atoms with E-state index >= 15 is 4.39 Å². The van der Waals surface area contributed by atoms with Crippen molar-refractivity contribution in [2.24, 2.45) is 5.92 Å². The molecule has 0 amide bonds. The van der Waals surface area contributed by atoms with Crippen LogP contribution in [0.5, 0.6) is 0 Å². The summed E-state index contributed by atoms with van der Waals surface area (Å²) in [6.07, 6.45) is 5.39. The second kappa shape index (κ2) is 13.2. The summed E-state index contributed by atoms with van der Waals surface area (Å²) < 4.78 is 40.7. The summed E-state index contributed by atoms with van der Waals surface area (Å²) in [5, 5.41) is 13.5. The highest BCUT2D eigenvalue weighted by Gasteiger charge is 2.37. The number of hydrogen-bond acceptors (Lipinski definition) is 6. The third-order valence-corrected chi connectivity index (χ3v) is 8.25. The fourth-order valence-corrected chi connectivity index (χ4v) is 6.02. The van der Waals surface area contributed by atoms with Crippen molar-refractivity contribution in [1.29, 1.82) is 0 Å². The van der Waals surface area contributed by atoms with Crippen molar-refractivity contribution in [2.45, 2.75) is 76.3 Å². The van der Waals surface area contributed by atoms with E-state index in [0.717, 1.165) is 56.6 Å². The molecule has 0 bridgehead atoms. The van der Waals surface area contributed by atoms with Gasteiger partial charge in [-0.05, 0) is 86.4 Å². The van der Waals surface area contributed by atoms with E-state index < -0.39 is 24.0 Å². The van der Waals surface area contributed by atoms with Gasteiger partial charge in [-0.1, -0.05) is 18.6 Å². The van der Waals surface area contributed by atoms with E-state index in [2.05, 4.69) is 17.4 Å². The van der Waals surface area contributed by atoms with Crippen molar-refractivity contribution < 1.29 is 28.2 Å². The molecule has 1 aromatic heterocycles. The normalized spacial score (nSPS) is 22.8. The number of rotatable bonds is 12. The minimum Gasteiger partial charge on any atom is -0.480 e. The molecule has 3 aliphatic rings. The first-order valence-electron chi connectivity index (χ1n) is 14.3. The number of likely N-dealkylation sites (tertiary alicyclic amines) is 1. The zero-order chi connectivity index (χ0) is 27.2. The van der Waals surface area contributed by atoms with E-state index in [-0.39, 0.29) is 18.6 Å². The summed E-state index contributed by atoms with van der Waals surface area (Å²) >= 11 is 0. The maximum atomic E-state index is 15.2. The highest BCUT2D eigenvalue weighted by atomic mass is 19.1. The molecule has 7 nitrogen and oxygen atoms in total. The number of pyridine rings is 1. The molecule has 1 aromatic carbocycles. The number of carbonyl (C=O) groups is 1. The molecular weight excluding hydrogens is 504 g/mol. The smallest absolute Gasteiger partial charge is 0.325 e. The van der Waals surface area contributed by atoms with Crippen LogP contribution < -0.4 is 5.32 Å². The van der Waals surface area contributed by atoms with Crippen LogP contribution in [0.2, 0.25) is 0 Å². The number of nitrogens with zero attached hydrogens (tertiary/aromatic N) is 2. The number of aromatic nitrogens is 1. The lowest BCUT2D eigenvalue weighted by atomic mass is 9.96. The number of carboxylic acid groups (broad SMARTS) is 1. The Morgan fingerprint density at radius 3 is 2.97 bits per heavy atom. The third kappa shape index (κ3) is 7.13. The number of hydrogen-bond donors (Lipinski definition) is 2. The summed E-state index contributed by atoms with van der Waals surface area (Å²) in [6, 6.07) is 7.38. The lowest BCUT2D eigenvalue weighted by Gasteiger charge is -2.27. The fourth-order valence-electron chi connectivity index (χ4n) is 6.02. The minimum atomic E-state index is -1.06. The molecule has 2 aromatic rings. The molecule has 9 heteroatoms. The summed E-state index contributed by atoms with van der Waals surface area (Å²) in [7, 11) is 0. The van der Waals surface area contributed by atoms with Crippen molar-refractivity contribution in [3.05, 3.63) is 58.5 Å². The maximum absolute atomic E-state index is 15.2. The predicted octanol–water partition coefficient (Wildman–Crippen LogP) is 5.08. The van der Waals surface area contributed by atoms with E-state index in [1.165, 1.54) is 17.7 Å². The largest absolute Gasteiger partial charge is 0.480 e. The number of fused-ring (bicyclic) bond motifs is 1. The summed E-state index contributed by atoms with van der Waals surface area (Å²) in [6.45, 7) is 3.08. The Morgan fingerprint density at radius 1 is 1.26 bits per heavy atom. The topological polar surface area (TPSA) is 83.9 Å². The Hall–Kier alpha value is -2.62. The Balaban J connectivity index is 1.14. The molecule has 1 unspecified atom stereocenters. The van der Waals surface area contributed by atoms with Gasteiger partial charge < -0.3 is 19.9 Å². The number of ether oxygens (including phenoxy) is 2. The Bertz CT molecular complexity index is 1130. The molecule has 212 valence electrons. The first kappa shape index (κ1) is 27.9. The van der Waals surface area contributed by atoms with Gasteiger partial charge in [0, 0.05) is 31.3 Å². The van der Waals surface area contributed by atoms with Crippen LogP contribution in [0, 0.1) is 11.7 Å². The SMILES string of the molecule is O=C(O)[C@H](c1cc(F)ccc1CO[C@@H]1CCOC1)N1CC[C@@H](C(F)CCCCc2ccc3c(n2)NCCC3)C1. The number of unbranched alkanes of at least 4 members (excludes halogenated alkanes) is 1. The van der Waals surface area contributed by atoms with Gasteiger partial charge in [0.25, 0.3) is 0 Å². The van der Waals surface area contributed by atoms with Crippen molar-refractivity contribution in [1.82, 2.24) is 9.88 Å². The van der Waals surface area contributed by atoms with Gasteiger partial charge in [0.05, 0.1) is 19.3 Å². The lowest BCUT2D eigenvalue weighted by molar-refractivity contribution is -0.143. The quantitative estimate of drug-likeness (QED) is 0.361. The van der Waals surface area contributed by atoms with Gasteiger partial charge in [0.15, 0.2) is 0 Å². The lowest BCUT2D eigenvalue weighted by Crippen LogP contribution is -2.34. The van der Waals surface area contributed by atoms with E-state index in [1.807, 2.05) is 0 Å². The van der Waals surface area contributed by atoms with E-state index in [9.17, 15) is 14.3 Å². The zero-order valence-electron chi connectivity index (χ0n) is 22.4. The van der Waals surface area contributed by atoms with Gasteiger partial charge in [-0.25, -0.2) is 13.8 Å². The van der Waals surface area contributed by atoms with Gasteiger partial charge in [0.1, 0.15) is 23.8 Å².